The molecule has 0 saturated carbocycles. The summed E-state index contributed by atoms with van der Waals surface area (Å²) in [5, 5.41) is 11.2. The first-order chi connectivity index (χ1) is 13.5. The molecule has 11 heteroatoms. The molecular formula is C17H25N5O5S. The van der Waals surface area contributed by atoms with E-state index in [1.807, 2.05) is 6.92 Å². The number of ether oxygens (including phenoxy) is 2. The first kappa shape index (κ1) is 21.8. The molecule has 0 aliphatic rings. The van der Waals surface area contributed by atoms with E-state index in [0.717, 1.165) is 12.8 Å². The summed E-state index contributed by atoms with van der Waals surface area (Å²) >= 11 is 0. The highest BCUT2D eigenvalue weighted by Gasteiger charge is 2.15. The first-order valence-corrected chi connectivity index (χ1v) is 10.6. The molecule has 0 spiro atoms. The number of hydrogen-bond acceptors (Lipinski definition) is 8. The van der Waals surface area contributed by atoms with Crippen LogP contribution in [0.25, 0.3) is 0 Å². The van der Waals surface area contributed by atoms with Gasteiger partial charge in [-0.05, 0) is 48.0 Å². The maximum atomic E-state index is 12.2. The third kappa shape index (κ3) is 6.57. The first-order valence-electron chi connectivity index (χ1n) is 9.09. The molecule has 2 rings (SSSR count). The van der Waals surface area contributed by atoms with Gasteiger partial charge in [-0.2, -0.15) is 0 Å². The van der Waals surface area contributed by atoms with Crippen molar-refractivity contribution in [1.29, 1.82) is 0 Å². The monoisotopic (exact) mass is 411 g/mol. The summed E-state index contributed by atoms with van der Waals surface area (Å²) in [6.45, 7) is 4.92. The smallest absolute Gasteiger partial charge is 0.307 e. The van der Waals surface area contributed by atoms with E-state index in [-0.39, 0.29) is 24.5 Å². The van der Waals surface area contributed by atoms with Crippen molar-refractivity contribution in [2.24, 2.45) is 0 Å². The molecule has 0 aliphatic heterocycles. The maximum Gasteiger partial charge on any atom is 0.307 e. The van der Waals surface area contributed by atoms with Crippen LogP contribution in [0.2, 0.25) is 0 Å². The minimum Gasteiger partial charge on any atom is -0.494 e. The van der Waals surface area contributed by atoms with E-state index in [1.165, 1.54) is 12.1 Å². The Balaban J connectivity index is 1.77. The van der Waals surface area contributed by atoms with Crippen LogP contribution in [-0.2, 0) is 32.7 Å². The number of nitrogens with one attached hydrogen (secondary N) is 1. The second-order valence-electron chi connectivity index (χ2n) is 5.88. The molecule has 0 saturated heterocycles. The van der Waals surface area contributed by atoms with Crippen LogP contribution in [0.1, 0.15) is 38.9 Å². The Kier molecular flexibility index (Phi) is 8.33. The standard InChI is InChI=1S/C17H25N5O5S/c1-3-5-12-22-16(19-20-21-22)13-27-17(23)10-11-18-28(24,25)15-8-6-14(7-9-15)26-4-2/h6-9,18H,3-5,10-13H2,1-2H3. The Hall–Kier alpha value is -2.53. The lowest BCUT2D eigenvalue weighted by Crippen LogP contribution is -2.26. The van der Waals surface area contributed by atoms with Gasteiger partial charge in [0.2, 0.25) is 10.0 Å². The summed E-state index contributed by atoms with van der Waals surface area (Å²) in [6.07, 6.45) is 1.81. The highest BCUT2D eigenvalue weighted by molar-refractivity contribution is 7.89. The predicted octanol–water partition coefficient (Wildman–Crippen LogP) is 1.28. The average molecular weight is 411 g/mol. The lowest BCUT2D eigenvalue weighted by atomic mass is 10.3. The highest BCUT2D eigenvalue weighted by atomic mass is 32.2. The van der Waals surface area contributed by atoms with Crippen molar-refractivity contribution in [3.8, 4) is 5.75 Å². The molecular weight excluding hydrogens is 386 g/mol. The van der Waals surface area contributed by atoms with Crippen LogP contribution in [0.15, 0.2) is 29.2 Å². The average Bonchev–Trinajstić information content (AvgIpc) is 3.12. The summed E-state index contributed by atoms with van der Waals surface area (Å²) in [7, 11) is -3.71. The SMILES string of the molecule is CCCCn1nnnc1COC(=O)CCNS(=O)(=O)c1ccc(OCC)cc1. The van der Waals surface area contributed by atoms with E-state index in [0.29, 0.717) is 24.7 Å². The number of esters is 1. The molecule has 2 aromatic rings. The molecule has 0 radical (unpaired) electrons. The van der Waals surface area contributed by atoms with Gasteiger partial charge >= 0.3 is 5.97 Å². The van der Waals surface area contributed by atoms with Crippen LogP contribution < -0.4 is 9.46 Å². The van der Waals surface area contributed by atoms with Crippen LogP contribution in [0, 0.1) is 0 Å². The molecule has 1 N–H and O–H groups in total. The highest BCUT2D eigenvalue weighted by Crippen LogP contribution is 2.15. The lowest BCUT2D eigenvalue weighted by Gasteiger charge is -2.08. The van der Waals surface area contributed by atoms with Crippen molar-refractivity contribution in [1.82, 2.24) is 24.9 Å². The minimum absolute atomic E-state index is 0.0544. The second-order valence-corrected chi connectivity index (χ2v) is 7.65. The molecule has 0 bridgehead atoms. The van der Waals surface area contributed by atoms with Gasteiger partial charge in [-0.3, -0.25) is 4.79 Å². The van der Waals surface area contributed by atoms with Gasteiger partial charge in [0.25, 0.3) is 0 Å². The Labute approximate surface area is 164 Å². The van der Waals surface area contributed by atoms with Crippen LogP contribution in [0.4, 0.5) is 0 Å². The van der Waals surface area contributed by atoms with Crippen molar-refractivity contribution in [3.63, 3.8) is 0 Å². The summed E-state index contributed by atoms with van der Waals surface area (Å²) in [6, 6.07) is 6.05. The zero-order valence-corrected chi connectivity index (χ0v) is 16.8. The normalized spacial score (nSPS) is 11.4. The molecule has 0 aliphatic carbocycles. The van der Waals surface area contributed by atoms with Gasteiger partial charge in [-0.15, -0.1) is 5.10 Å². The number of tetrazole rings is 1. The largest absolute Gasteiger partial charge is 0.494 e. The molecule has 10 nitrogen and oxygen atoms in total. The fourth-order valence-corrected chi connectivity index (χ4v) is 3.31. The van der Waals surface area contributed by atoms with Crippen LogP contribution >= 0.6 is 0 Å². The number of nitrogens with zero attached hydrogens (tertiary/aromatic N) is 4. The molecule has 154 valence electrons. The maximum absolute atomic E-state index is 12.2. The van der Waals surface area contributed by atoms with Crippen molar-refractivity contribution >= 4 is 16.0 Å². The second kappa shape index (κ2) is 10.7. The van der Waals surface area contributed by atoms with Crippen LogP contribution in [-0.4, -0.2) is 47.7 Å². The predicted molar refractivity (Wildman–Crippen MR) is 99.9 cm³/mol. The van der Waals surface area contributed by atoms with Crippen LogP contribution in [0.5, 0.6) is 5.75 Å². The van der Waals surface area contributed by atoms with Gasteiger partial charge in [0.15, 0.2) is 12.4 Å². The lowest BCUT2D eigenvalue weighted by molar-refractivity contribution is -0.145. The Morgan fingerprint density at radius 3 is 2.64 bits per heavy atom. The van der Waals surface area contributed by atoms with E-state index >= 15 is 0 Å². The third-order valence-electron chi connectivity index (χ3n) is 3.76. The molecule has 0 atom stereocenters. The Bertz CT molecular complexity index is 851. The van der Waals surface area contributed by atoms with Crippen LogP contribution in [0.3, 0.4) is 0 Å². The summed E-state index contributed by atoms with van der Waals surface area (Å²) in [5.41, 5.74) is 0. The summed E-state index contributed by atoms with van der Waals surface area (Å²) in [5.74, 6) is 0.502. The van der Waals surface area contributed by atoms with Crippen molar-refractivity contribution in [3.05, 3.63) is 30.1 Å². The number of carbonyl (C=O) groups excluding carboxylic acids is 1. The van der Waals surface area contributed by atoms with Gasteiger partial charge in [-0.25, -0.2) is 17.8 Å². The van der Waals surface area contributed by atoms with E-state index in [9.17, 15) is 13.2 Å². The van der Waals surface area contributed by atoms with Crippen molar-refractivity contribution < 1.29 is 22.7 Å². The number of aryl methyl sites for hydroxylation is 1. The zero-order chi connectivity index (χ0) is 20.4. The van der Waals surface area contributed by atoms with Crippen molar-refractivity contribution in [2.45, 2.75) is 51.2 Å². The van der Waals surface area contributed by atoms with Crippen molar-refractivity contribution in [2.75, 3.05) is 13.2 Å². The van der Waals surface area contributed by atoms with E-state index in [1.54, 1.807) is 16.8 Å². The van der Waals surface area contributed by atoms with Gasteiger partial charge in [-0.1, -0.05) is 13.3 Å². The van der Waals surface area contributed by atoms with Gasteiger partial charge in [0, 0.05) is 13.1 Å². The van der Waals surface area contributed by atoms with Gasteiger partial charge in [0.05, 0.1) is 17.9 Å². The molecule has 1 aromatic carbocycles. The van der Waals surface area contributed by atoms with E-state index in [2.05, 4.69) is 27.2 Å². The number of rotatable bonds is 12. The molecule has 0 unspecified atom stereocenters. The molecule has 1 aromatic heterocycles. The van der Waals surface area contributed by atoms with E-state index in [4.69, 9.17) is 9.47 Å². The zero-order valence-electron chi connectivity index (χ0n) is 16.0. The van der Waals surface area contributed by atoms with E-state index < -0.39 is 16.0 Å². The quantitative estimate of drug-likeness (QED) is 0.518. The van der Waals surface area contributed by atoms with Gasteiger partial charge in [0.1, 0.15) is 5.75 Å². The summed E-state index contributed by atoms with van der Waals surface area (Å²) < 4.78 is 38.8. The molecule has 28 heavy (non-hydrogen) atoms. The molecule has 0 amide bonds. The Morgan fingerprint density at radius 1 is 1.21 bits per heavy atom. The Morgan fingerprint density at radius 2 is 1.96 bits per heavy atom. The number of unbranched alkanes of at least 4 members (excludes halogenated alkanes) is 1. The number of sulfonamides is 1. The fraction of sp³-hybridized carbons (Fsp3) is 0.529. The third-order valence-corrected chi connectivity index (χ3v) is 5.23. The number of carbonyl (C=O) groups is 1. The molecule has 0 fully saturated rings. The number of hydrogen-bond donors (Lipinski definition) is 1. The fourth-order valence-electron chi connectivity index (χ4n) is 2.28. The topological polar surface area (TPSA) is 125 Å². The number of benzene rings is 1. The van der Waals surface area contributed by atoms with Gasteiger partial charge < -0.3 is 9.47 Å². The minimum atomic E-state index is -3.71. The molecule has 1 heterocycles. The number of aromatic nitrogens is 4. The summed E-state index contributed by atoms with van der Waals surface area (Å²) in [4.78, 5) is 11.9.